The highest BCUT2D eigenvalue weighted by Crippen LogP contribution is 2.19. The van der Waals surface area contributed by atoms with Crippen molar-refractivity contribution in [3.63, 3.8) is 0 Å². The van der Waals surface area contributed by atoms with Gasteiger partial charge in [0.1, 0.15) is 0 Å². The standard InChI is InChI=1S/C10H19N3/c1-10(2)5-7-12-9(4-6-11)8-13(10)3/h9,12H,4-5,7-8H2,1-3H3. The fourth-order valence-electron chi connectivity index (χ4n) is 1.66. The maximum absolute atomic E-state index is 8.62. The molecule has 1 aliphatic rings. The number of rotatable bonds is 1. The summed E-state index contributed by atoms with van der Waals surface area (Å²) in [5, 5.41) is 12.0. The van der Waals surface area contributed by atoms with Crippen molar-refractivity contribution in [3.8, 4) is 6.07 Å². The van der Waals surface area contributed by atoms with E-state index >= 15 is 0 Å². The lowest BCUT2D eigenvalue weighted by atomic mass is 9.99. The molecule has 0 amide bonds. The maximum Gasteiger partial charge on any atom is 0.0638 e. The van der Waals surface area contributed by atoms with Crippen LogP contribution < -0.4 is 5.32 Å². The largest absolute Gasteiger partial charge is 0.312 e. The molecule has 1 saturated heterocycles. The molecule has 1 atom stereocenters. The molecule has 0 aromatic carbocycles. The van der Waals surface area contributed by atoms with Crippen molar-refractivity contribution in [1.29, 1.82) is 5.26 Å². The summed E-state index contributed by atoms with van der Waals surface area (Å²) in [5.41, 5.74) is 0.261. The van der Waals surface area contributed by atoms with E-state index in [1.807, 2.05) is 0 Å². The third kappa shape index (κ3) is 2.68. The van der Waals surface area contributed by atoms with E-state index in [0.717, 1.165) is 19.5 Å². The van der Waals surface area contributed by atoms with E-state index in [1.54, 1.807) is 0 Å². The first-order valence-electron chi connectivity index (χ1n) is 4.88. The van der Waals surface area contributed by atoms with Crippen molar-refractivity contribution in [2.75, 3.05) is 20.1 Å². The molecule has 74 valence electrons. The van der Waals surface area contributed by atoms with E-state index in [0.29, 0.717) is 12.5 Å². The summed E-state index contributed by atoms with van der Waals surface area (Å²) >= 11 is 0. The molecule has 1 heterocycles. The van der Waals surface area contributed by atoms with E-state index in [1.165, 1.54) is 0 Å². The number of nitriles is 1. The SMILES string of the molecule is CN1CC(CC#N)NCCC1(C)C. The number of nitrogens with one attached hydrogen (secondary N) is 1. The summed E-state index contributed by atoms with van der Waals surface area (Å²) in [5.74, 6) is 0. The fraction of sp³-hybridized carbons (Fsp3) is 0.900. The molecule has 0 saturated carbocycles. The van der Waals surface area contributed by atoms with Gasteiger partial charge in [-0.3, -0.25) is 4.90 Å². The van der Waals surface area contributed by atoms with Crippen molar-refractivity contribution in [2.24, 2.45) is 0 Å². The van der Waals surface area contributed by atoms with Crippen LogP contribution in [0.2, 0.25) is 0 Å². The summed E-state index contributed by atoms with van der Waals surface area (Å²) in [4.78, 5) is 2.34. The minimum absolute atomic E-state index is 0.261. The Morgan fingerprint density at radius 1 is 1.62 bits per heavy atom. The zero-order valence-electron chi connectivity index (χ0n) is 8.80. The lowest BCUT2D eigenvalue weighted by molar-refractivity contribution is 0.156. The normalized spacial score (nSPS) is 29.2. The van der Waals surface area contributed by atoms with Crippen LogP contribution in [-0.4, -0.2) is 36.6 Å². The summed E-state index contributed by atoms with van der Waals surface area (Å²) < 4.78 is 0. The highest BCUT2D eigenvalue weighted by Gasteiger charge is 2.28. The minimum atomic E-state index is 0.261. The lowest BCUT2D eigenvalue weighted by Crippen LogP contribution is -2.43. The van der Waals surface area contributed by atoms with Crippen molar-refractivity contribution < 1.29 is 0 Å². The fourth-order valence-corrected chi connectivity index (χ4v) is 1.66. The first kappa shape index (κ1) is 10.5. The second-order valence-corrected chi connectivity index (χ2v) is 4.46. The van der Waals surface area contributed by atoms with Crippen LogP contribution in [0.3, 0.4) is 0 Å². The van der Waals surface area contributed by atoms with Crippen molar-refractivity contribution in [2.45, 2.75) is 38.3 Å². The number of likely N-dealkylation sites (N-methyl/N-ethyl adjacent to an activating group) is 1. The van der Waals surface area contributed by atoms with Gasteiger partial charge in [0, 0.05) is 18.1 Å². The molecule has 3 nitrogen and oxygen atoms in total. The average Bonchev–Trinajstić information content (AvgIpc) is 2.13. The average molecular weight is 181 g/mol. The van der Waals surface area contributed by atoms with Gasteiger partial charge in [0.15, 0.2) is 0 Å². The van der Waals surface area contributed by atoms with Crippen molar-refractivity contribution in [1.82, 2.24) is 10.2 Å². The molecule has 0 spiro atoms. The molecule has 0 aromatic rings. The molecule has 0 aromatic heterocycles. The van der Waals surface area contributed by atoms with E-state index in [-0.39, 0.29) is 5.54 Å². The van der Waals surface area contributed by atoms with Gasteiger partial charge in [-0.15, -0.1) is 0 Å². The van der Waals surface area contributed by atoms with E-state index in [2.05, 4.69) is 37.2 Å². The van der Waals surface area contributed by atoms with Gasteiger partial charge >= 0.3 is 0 Å². The van der Waals surface area contributed by atoms with Gasteiger partial charge in [-0.2, -0.15) is 5.26 Å². The first-order valence-corrected chi connectivity index (χ1v) is 4.88. The van der Waals surface area contributed by atoms with Crippen LogP contribution in [-0.2, 0) is 0 Å². The van der Waals surface area contributed by atoms with Gasteiger partial charge in [-0.1, -0.05) is 0 Å². The molecule has 3 heteroatoms. The smallest absolute Gasteiger partial charge is 0.0638 e. The Hall–Kier alpha value is -0.590. The number of hydrogen-bond donors (Lipinski definition) is 1. The Kier molecular flexibility index (Phi) is 3.29. The first-order chi connectivity index (χ1) is 6.06. The lowest BCUT2D eigenvalue weighted by Gasteiger charge is -2.34. The van der Waals surface area contributed by atoms with Gasteiger partial charge < -0.3 is 5.32 Å². The molecule has 1 aliphatic heterocycles. The number of hydrogen-bond acceptors (Lipinski definition) is 3. The molecule has 1 N–H and O–H groups in total. The van der Waals surface area contributed by atoms with Gasteiger partial charge in [0.05, 0.1) is 12.5 Å². The van der Waals surface area contributed by atoms with Crippen LogP contribution in [0.15, 0.2) is 0 Å². The van der Waals surface area contributed by atoms with Crippen molar-refractivity contribution in [3.05, 3.63) is 0 Å². The zero-order chi connectivity index (χ0) is 9.90. The van der Waals surface area contributed by atoms with Crippen molar-refractivity contribution >= 4 is 0 Å². The Morgan fingerprint density at radius 3 is 2.92 bits per heavy atom. The van der Waals surface area contributed by atoms with Gasteiger partial charge in [-0.25, -0.2) is 0 Å². The zero-order valence-corrected chi connectivity index (χ0v) is 8.80. The molecule has 1 fully saturated rings. The highest BCUT2D eigenvalue weighted by atomic mass is 15.2. The maximum atomic E-state index is 8.62. The number of nitrogens with zero attached hydrogens (tertiary/aromatic N) is 2. The monoisotopic (exact) mass is 181 g/mol. The third-order valence-corrected chi connectivity index (χ3v) is 3.04. The highest BCUT2D eigenvalue weighted by molar-refractivity contribution is 4.90. The van der Waals surface area contributed by atoms with Gasteiger partial charge in [0.2, 0.25) is 0 Å². The summed E-state index contributed by atoms with van der Waals surface area (Å²) in [7, 11) is 2.14. The van der Waals surface area contributed by atoms with E-state index < -0.39 is 0 Å². The second-order valence-electron chi connectivity index (χ2n) is 4.46. The Bertz CT molecular complexity index is 205. The molecular formula is C10H19N3. The second kappa shape index (κ2) is 4.08. The van der Waals surface area contributed by atoms with E-state index in [9.17, 15) is 0 Å². The van der Waals surface area contributed by atoms with Crippen LogP contribution in [0.1, 0.15) is 26.7 Å². The minimum Gasteiger partial charge on any atom is -0.312 e. The molecular weight excluding hydrogens is 162 g/mol. The van der Waals surface area contributed by atoms with Crippen LogP contribution >= 0.6 is 0 Å². The molecule has 0 aliphatic carbocycles. The van der Waals surface area contributed by atoms with Gasteiger partial charge in [0.25, 0.3) is 0 Å². The predicted octanol–water partition coefficient (Wildman–Crippen LogP) is 0.972. The third-order valence-electron chi connectivity index (χ3n) is 3.04. The Labute approximate surface area is 80.7 Å². The molecule has 1 unspecified atom stereocenters. The Morgan fingerprint density at radius 2 is 2.31 bits per heavy atom. The summed E-state index contributed by atoms with van der Waals surface area (Å²) in [6.07, 6.45) is 1.76. The van der Waals surface area contributed by atoms with Crippen LogP contribution in [0, 0.1) is 11.3 Å². The summed E-state index contributed by atoms with van der Waals surface area (Å²) in [6, 6.07) is 2.57. The molecule has 1 rings (SSSR count). The van der Waals surface area contributed by atoms with Gasteiger partial charge in [-0.05, 0) is 33.9 Å². The molecule has 0 bridgehead atoms. The topological polar surface area (TPSA) is 39.1 Å². The molecule has 13 heavy (non-hydrogen) atoms. The Balaban J connectivity index is 2.57. The van der Waals surface area contributed by atoms with Crippen LogP contribution in [0.4, 0.5) is 0 Å². The van der Waals surface area contributed by atoms with E-state index in [4.69, 9.17) is 5.26 Å². The summed E-state index contributed by atoms with van der Waals surface area (Å²) in [6.45, 7) is 6.50. The quantitative estimate of drug-likeness (QED) is 0.655. The van der Waals surface area contributed by atoms with Crippen LogP contribution in [0.5, 0.6) is 0 Å². The van der Waals surface area contributed by atoms with Crippen LogP contribution in [0.25, 0.3) is 0 Å². The predicted molar refractivity (Wildman–Crippen MR) is 53.3 cm³/mol. The molecule has 0 radical (unpaired) electrons.